The van der Waals surface area contributed by atoms with Gasteiger partial charge in [0.15, 0.2) is 0 Å². The molecule has 0 amide bonds. The number of hydrogen-bond acceptors (Lipinski definition) is 3. The van der Waals surface area contributed by atoms with Gasteiger partial charge < -0.3 is 9.53 Å². The Bertz CT molecular complexity index is 416. The van der Waals surface area contributed by atoms with E-state index in [1.54, 1.807) is 18.2 Å². The third kappa shape index (κ3) is 2.16. The van der Waals surface area contributed by atoms with Crippen LogP contribution in [0.4, 0.5) is 0 Å². The van der Waals surface area contributed by atoms with Crippen molar-refractivity contribution in [3.05, 3.63) is 29.3 Å². The van der Waals surface area contributed by atoms with Gasteiger partial charge in [-0.1, -0.05) is 6.07 Å². The van der Waals surface area contributed by atoms with E-state index in [4.69, 9.17) is 10.00 Å². The van der Waals surface area contributed by atoms with E-state index in [1.807, 2.05) is 19.9 Å². The molecule has 0 saturated carbocycles. The van der Waals surface area contributed by atoms with E-state index in [-0.39, 0.29) is 0 Å². The van der Waals surface area contributed by atoms with E-state index >= 15 is 0 Å². The molecule has 3 nitrogen and oxygen atoms in total. The van der Waals surface area contributed by atoms with Crippen molar-refractivity contribution in [2.75, 3.05) is 7.11 Å². The van der Waals surface area contributed by atoms with Crippen molar-refractivity contribution in [3.8, 4) is 11.8 Å². The lowest BCUT2D eigenvalue weighted by Gasteiger charge is -2.18. The molecule has 0 aliphatic heterocycles. The monoisotopic (exact) mass is 203 g/mol. The van der Waals surface area contributed by atoms with Crippen LogP contribution in [0.25, 0.3) is 0 Å². The molecular weight excluding hydrogens is 190 g/mol. The summed E-state index contributed by atoms with van der Waals surface area (Å²) >= 11 is 0. The molecule has 0 heterocycles. The van der Waals surface area contributed by atoms with Crippen LogP contribution >= 0.6 is 0 Å². The number of carbonyl (C=O) groups is 1. The summed E-state index contributed by atoms with van der Waals surface area (Å²) in [6, 6.07) is 7.20. The summed E-state index contributed by atoms with van der Waals surface area (Å²) in [5.74, 6) is 0.505. The number of nitrogens with zero attached hydrogens (tertiary/aromatic N) is 1. The highest BCUT2D eigenvalue weighted by molar-refractivity contribution is 5.68. The fourth-order valence-electron chi connectivity index (χ4n) is 1.25. The number of ether oxygens (including phenoxy) is 1. The molecule has 0 aliphatic carbocycles. The van der Waals surface area contributed by atoms with Crippen LogP contribution in [-0.2, 0) is 10.2 Å². The highest BCUT2D eigenvalue weighted by Gasteiger charge is 2.20. The summed E-state index contributed by atoms with van der Waals surface area (Å²) in [4.78, 5) is 10.9. The van der Waals surface area contributed by atoms with Crippen molar-refractivity contribution in [1.29, 1.82) is 5.26 Å². The molecule has 0 saturated heterocycles. The van der Waals surface area contributed by atoms with Gasteiger partial charge in [0.2, 0.25) is 0 Å². The molecule has 3 heteroatoms. The number of methoxy groups -OCH3 is 1. The molecule has 78 valence electrons. The summed E-state index contributed by atoms with van der Waals surface area (Å²) in [6.45, 7) is 3.64. The lowest BCUT2D eigenvalue weighted by Crippen LogP contribution is -2.18. The summed E-state index contributed by atoms with van der Waals surface area (Å²) in [5, 5.41) is 8.80. The zero-order valence-electron chi connectivity index (χ0n) is 9.07. The fourth-order valence-corrected chi connectivity index (χ4v) is 1.25. The van der Waals surface area contributed by atoms with Crippen LogP contribution in [-0.4, -0.2) is 13.4 Å². The van der Waals surface area contributed by atoms with Gasteiger partial charge in [-0.05, 0) is 31.5 Å². The Kier molecular flexibility index (Phi) is 3.11. The summed E-state index contributed by atoms with van der Waals surface area (Å²) < 4.78 is 5.08. The maximum absolute atomic E-state index is 10.9. The van der Waals surface area contributed by atoms with Crippen molar-refractivity contribution >= 4 is 6.29 Å². The summed E-state index contributed by atoms with van der Waals surface area (Å²) in [6.07, 6.45) is 0.883. The number of hydrogen-bond donors (Lipinski definition) is 0. The van der Waals surface area contributed by atoms with Crippen LogP contribution in [0.2, 0.25) is 0 Å². The van der Waals surface area contributed by atoms with Crippen molar-refractivity contribution in [2.45, 2.75) is 19.3 Å². The van der Waals surface area contributed by atoms with Gasteiger partial charge in [0.25, 0.3) is 0 Å². The molecule has 0 aliphatic rings. The van der Waals surface area contributed by atoms with E-state index in [1.165, 1.54) is 7.11 Å². The van der Waals surface area contributed by atoms with Crippen molar-refractivity contribution in [2.24, 2.45) is 0 Å². The van der Waals surface area contributed by atoms with Gasteiger partial charge >= 0.3 is 0 Å². The molecule has 0 radical (unpaired) electrons. The molecule has 0 bridgehead atoms. The van der Waals surface area contributed by atoms with Gasteiger partial charge in [0.1, 0.15) is 18.1 Å². The smallest absolute Gasteiger partial charge is 0.136 e. The average Bonchev–Trinajstić information content (AvgIpc) is 2.28. The Labute approximate surface area is 89.3 Å². The lowest BCUT2D eigenvalue weighted by atomic mass is 9.86. The van der Waals surface area contributed by atoms with Crippen LogP contribution in [0.15, 0.2) is 18.2 Å². The highest BCUT2D eigenvalue weighted by atomic mass is 16.5. The Balaban J connectivity index is 3.27. The quantitative estimate of drug-likeness (QED) is 0.706. The molecule has 0 atom stereocenters. The normalized spacial score (nSPS) is 10.5. The van der Waals surface area contributed by atoms with Crippen LogP contribution in [0.3, 0.4) is 0 Å². The first kappa shape index (κ1) is 11.3. The van der Waals surface area contributed by atoms with Crippen molar-refractivity contribution < 1.29 is 9.53 Å². The van der Waals surface area contributed by atoms with E-state index in [0.29, 0.717) is 11.3 Å². The van der Waals surface area contributed by atoms with Crippen LogP contribution in [0.1, 0.15) is 25.0 Å². The Hall–Kier alpha value is -1.82. The number of carbonyl (C=O) groups excluding carboxylic acids is 1. The summed E-state index contributed by atoms with van der Waals surface area (Å²) in [5.41, 5.74) is 0.762. The van der Waals surface area contributed by atoms with E-state index in [2.05, 4.69) is 0 Å². The standard InChI is InChI=1S/C12H13NO2/c1-12(2,8-14)10-5-4-9(7-13)11(6-10)15-3/h4-6,8H,1-3H3. The maximum atomic E-state index is 10.9. The van der Waals surface area contributed by atoms with Gasteiger partial charge in [-0.15, -0.1) is 0 Å². The topological polar surface area (TPSA) is 50.1 Å². The average molecular weight is 203 g/mol. The Morgan fingerprint density at radius 1 is 1.47 bits per heavy atom. The molecule has 0 unspecified atom stereocenters. The molecule has 1 rings (SSSR count). The van der Waals surface area contributed by atoms with Gasteiger partial charge in [0.05, 0.1) is 12.7 Å². The zero-order valence-corrected chi connectivity index (χ0v) is 9.07. The SMILES string of the molecule is COc1cc(C(C)(C)C=O)ccc1C#N. The minimum Gasteiger partial charge on any atom is -0.495 e. The molecule has 1 aromatic rings. The van der Waals surface area contributed by atoms with E-state index < -0.39 is 5.41 Å². The number of benzene rings is 1. The third-order valence-corrected chi connectivity index (χ3v) is 2.36. The third-order valence-electron chi connectivity index (χ3n) is 2.36. The molecule has 0 fully saturated rings. The van der Waals surface area contributed by atoms with Gasteiger partial charge in [-0.3, -0.25) is 0 Å². The minimum absolute atomic E-state index is 0.475. The second-order valence-corrected chi connectivity index (χ2v) is 3.87. The molecular formula is C12H13NO2. The number of aldehydes is 1. The van der Waals surface area contributed by atoms with E-state index in [0.717, 1.165) is 11.8 Å². The van der Waals surface area contributed by atoms with Crippen LogP contribution < -0.4 is 4.74 Å². The van der Waals surface area contributed by atoms with Crippen LogP contribution in [0.5, 0.6) is 5.75 Å². The first-order valence-electron chi connectivity index (χ1n) is 4.60. The first-order chi connectivity index (χ1) is 7.05. The predicted octanol–water partition coefficient (Wildman–Crippen LogP) is 2.04. The number of rotatable bonds is 3. The first-order valence-corrected chi connectivity index (χ1v) is 4.60. The van der Waals surface area contributed by atoms with Crippen LogP contribution in [0, 0.1) is 11.3 Å². The maximum Gasteiger partial charge on any atom is 0.136 e. The molecule has 1 aromatic carbocycles. The second kappa shape index (κ2) is 4.14. The lowest BCUT2D eigenvalue weighted by molar-refractivity contribution is -0.111. The largest absolute Gasteiger partial charge is 0.495 e. The van der Waals surface area contributed by atoms with Gasteiger partial charge in [-0.25, -0.2) is 0 Å². The van der Waals surface area contributed by atoms with E-state index in [9.17, 15) is 4.79 Å². The minimum atomic E-state index is -0.554. The Morgan fingerprint density at radius 3 is 2.60 bits per heavy atom. The van der Waals surface area contributed by atoms with Gasteiger partial charge in [-0.2, -0.15) is 5.26 Å². The van der Waals surface area contributed by atoms with Crippen molar-refractivity contribution in [3.63, 3.8) is 0 Å². The predicted molar refractivity (Wildman–Crippen MR) is 56.8 cm³/mol. The summed E-state index contributed by atoms with van der Waals surface area (Å²) in [7, 11) is 1.51. The fraction of sp³-hybridized carbons (Fsp3) is 0.333. The van der Waals surface area contributed by atoms with Crippen molar-refractivity contribution in [1.82, 2.24) is 0 Å². The molecule has 0 aromatic heterocycles. The molecule has 15 heavy (non-hydrogen) atoms. The Morgan fingerprint density at radius 2 is 2.13 bits per heavy atom. The molecule has 0 N–H and O–H groups in total. The zero-order chi connectivity index (χ0) is 11.5. The number of nitriles is 1. The van der Waals surface area contributed by atoms with Gasteiger partial charge in [0, 0.05) is 5.41 Å². The second-order valence-electron chi connectivity index (χ2n) is 3.87. The highest BCUT2D eigenvalue weighted by Crippen LogP contribution is 2.27. The molecule has 0 spiro atoms.